The monoisotopic (exact) mass is 729 g/mol. The van der Waals surface area contributed by atoms with Crippen molar-refractivity contribution in [3.63, 3.8) is 0 Å². The van der Waals surface area contributed by atoms with Gasteiger partial charge in [-0.15, -0.1) is 11.3 Å². The van der Waals surface area contributed by atoms with Crippen LogP contribution in [0.25, 0.3) is 103 Å². The average molecular weight is 730 g/mol. The molecule has 2 heteroatoms. The number of benzene rings is 9. The van der Waals surface area contributed by atoms with Crippen molar-refractivity contribution < 1.29 is 0 Å². The first kappa shape index (κ1) is 32.4. The molecule has 0 bridgehead atoms. The van der Waals surface area contributed by atoms with Gasteiger partial charge in [-0.3, -0.25) is 0 Å². The van der Waals surface area contributed by atoms with Gasteiger partial charge in [0.2, 0.25) is 0 Å². The highest BCUT2D eigenvalue weighted by atomic mass is 32.1. The lowest BCUT2D eigenvalue weighted by Gasteiger charge is -2.12. The zero-order valence-electron chi connectivity index (χ0n) is 30.6. The van der Waals surface area contributed by atoms with Gasteiger partial charge < -0.3 is 4.57 Å². The smallest absolute Gasteiger partial charge is 0.0547 e. The van der Waals surface area contributed by atoms with Gasteiger partial charge in [0, 0.05) is 36.6 Å². The Bertz CT molecular complexity index is 3110. The van der Waals surface area contributed by atoms with Gasteiger partial charge in [0.1, 0.15) is 0 Å². The highest BCUT2D eigenvalue weighted by Gasteiger charge is 2.16. The molecule has 262 valence electrons. The standard InChI is InChI=1S/C54H35NS/c1-3-11-36(12-4-1)43-27-31-47-48-32-28-44(37-13-5-2-6-14-37)35-51(48)55(50(47)34-43)45-29-25-39(26-30-45)42-16-9-15-41(33-42)38-21-23-40(24-22-38)46-18-10-20-53-54(46)49-17-7-8-19-52(49)56-53/h1-35H. The molecule has 56 heavy (non-hydrogen) atoms. The molecule has 0 amide bonds. The van der Waals surface area contributed by atoms with Crippen molar-refractivity contribution in [3.05, 3.63) is 212 Å². The SMILES string of the molecule is c1ccc(-c2ccc3c4ccc(-c5ccccc5)cc4n(-c4ccc(-c5cccc(-c6ccc(-c7cccc8sc9ccccc9c78)cc6)c5)cc4)c3c2)cc1. The van der Waals surface area contributed by atoms with Gasteiger partial charge in [-0.2, -0.15) is 0 Å². The van der Waals surface area contributed by atoms with Crippen LogP contribution in [-0.4, -0.2) is 4.57 Å². The van der Waals surface area contributed by atoms with E-state index in [1.54, 1.807) is 0 Å². The van der Waals surface area contributed by atoms with Crippen LogP contribution in [0.4, 0.5) is 0 Å². The summed E-state index contributed by atoms with van der Waals surface area (Å²) in [4.78, 5) is 0. The molecule has 2 aromatic heterocycles. The third-order valence-electron chi connectivity index (χ3n) is 11.2. The van der Waals surface area contributed by atoms with Gasteiger partial charge >= 0.3 is 0 Å². The number of hydrogen-bond donors (Lipinski definition) is 0. The predicted molar refractivity (Wildman–Crippen MR) is 241 cm³/mol. The zero-order valence-corrected chi connectivity index (χ0v) is 31.4. The second-order valence-corrected chi connectivity index (χ2v) is 15.6. The normalized spacial score (nSPS) is 11.6. The molecule has 1 nitrogen and oxygen atoms in total. The lowest BCUT2D eigenvalue weighted by atomic mass is 9.95. The van der Waals surface area contributed by atoms with E-state index in [0.29, 0.717) is 0 Å². The first-order valence-electron chi connectivity index (χ1n) is 19.2. The second-order valence-electron chi connectivity index (χ2n) is 14.5. The van der Waals surface area contributed by atoms with Crippen LogP contribution in [0, 0.1) is 0 Å². The summed E-state index contributed by atoms with van der Waals surface area (Å²) in [5, 5.41) is 5.18. The number of nitrogens with zero attached hydrogens (tertiary/aromatic N) is 1. The first-order chi connectivity index (χ1) is 27.7. The lowest BCUT2D eigenvalue weighted by Crippen LogP contribution is -1.94. The fraction of sp³-hybridized carbons (Fsp3) is 0. The maximum atomic E-state index is 2.44. The number of rotatable bonds is 6. The third kappa shape index (κ3) is 5.54. The van der Waals surface area contributed by atoms with Crippen molar-refractivity contribution in [1.29, 1.82) is 0 Å². The molecule has 0 radical (unpaired) electrons. The van der Waals surface area contributed by atoms with Crippen molar-refractivity contribution >= 4 is 53.3 Å². The maximum absolute atomic E-state index is 2.44. The number of thiophene rings is 1. The Morgan fingerprint density at radius 1 is 0.286 bits per heavy atom. The van der Waals surface area contributed by atoms with Crippen LogP contribution in [0.15, 0.2) is 212 Å². The fourth-order valence-electron chi connectivity index (χ4n) is 8.46. The van der Waals surface area contributed by atoms with E-state index < -0.39 is 0 Å². The molecule has 0 spiro atoms. The summed E-state index contributed by atoms with van der Waals surface area (Å²) >= 11 is 1.87. The molecule has 2 heterocycles. The highest BCUT2D eigenvalue weighted by molar-refractivity contribution is 7.25. The van der Waals surface area contributed by atoms with Crippen LogP contribution in [0.1, 0.15) is 0 Å². The minimum atomic E-state index is 1.14. The molecule has 9 aromatic carbocycles. The molecule has 0 saturated carbocycles. The average Bonchev–Trinajstić information content (AvgIpc) is 3.82. The van der Waals surface area contributed by atoms with E-state index in [1.165, 1.54) is 97.6 Å². The van der Waals surface area contributed by atoms with Crippen LogP contribution >= 0.6 is 11.3 Å². The first-order valence-corrected chi connectivity index (χ1v) is 20.0. The van der Waals surface area contributed by atoms with Gasteiger partial charge in [0.25, 0.3) is 0 Å². The summed E-state index contributed by atoms with van der Waals surface area (Å²) in [5.41, 5.74) is 15.8. The van der Waals surface area contributed by atoms with E-state index in [9.17, 15) is 0 Å². The number of fused-ring (bicyclic) bond motifs is 6. The summed E-state index contributed by atoms with van der Waals surface area (Å²) in [6, 6.07) is 77.6. The van der Waals surface area contributed by atoms with E-state index in [2.05, 4.69) is 217 Å². The van der Waals surface area contributed by atoms with Crippen molar-refractivity contribution in [2.45, 2.75) is 0 Å². The Morgan fingerprint density at radius 2 is 0.732 bits per heavy atom. The summed E-state index contributed by atoms with van der Waals surface area (Å²) in [7, 11) is 0. The summed E-state index contributed by atoms with van der Waals surface area (Å²) in [5.74, 6) is 0. The molecule has 11 aromatic rings. The van der Waals surface area contributed by atoms with Crippen LogP contribution in [0.3, 0.4) is 0 Å². The molecule has 0 fully saturated rings. The lowest BCUT2D eigenvalue weighted by molar-refractivity contribution is 1.18. The molecule has 0 N–H and O–H groups in total. The van der Waals surface area contributed by atoms with Crippen molar-refractivity contribution in [3.8, 4) is 61.3 Å². The molecule has 0 saturated heterocycles. The fourth-order valence-corrected chi connectivity index (χ4v) is 9.59. The molecular formula is C54H35NS. The van der Waals surface area contributed by atoms with Crippen LogP contribution in [-0.2, 0) is 0 Å². The number of hydrogen-bond acceptors (Lipinski definition) is 1. The van der Waals surface area contributed by atoms with Gasteiger partial charge in [-0.25, -0.2) is 0 Å². The van der Waals surface area contributed by atoms with E-state index >= 15 is 0 Å². The second kappa shape index (κ2) is 13.4. The molecule has 11 rings (SSSR count). The van der Waals surface area contributed by atoms with Gasteiger partial charge in [-0.1, -0.05) is 170 Å². The van der Waals surface area contributed by atoms with E-state index in [-0.39, 0.29) is 0 Å². The molecular weight excluding hydrogens is 695 g/mol. The predicted octanol–water partition coefficient (Wildman–Crippen LogP) is 15.5. The van der Waals surface area contributed by atoms with Crippen molar-refractivity contribution in [1.82, 2.24) is 4.57 Å². The van der Waals surface area contributed by atoms with Crippen molar-refractivity contribution in [2.24, 2.45) is 0 Å². The zero-order chi connectivity index (χ0) is 37.0. The van der Waals surface area contributed by atoms with Gasteiger partial charge in [-0.05, 0) is 98.1 Å². The Kier molecular flexibility index (Phi) is 7.75. The minimum Gasteiger partial charge on any atom is -0.309 e. The molecule has 0 aliphatic carbocycles. The Morgan fingerprint density at radius 3 is 1.36 bits per heavy atom. The van der Waals surface area contributed by atoms with Crippen molar-refractivity contribution in [2.75, 3.05) is 0 Å². The molecule has 0 aliphatic rings. The van der Waals surface area contributed by atoms with Crippen LogP contribution in [0.2, 0.25) is 0 Å². The quantitative estimate of drug-likeness (QED) is 0.161. The minimum absolute atomic E-state index is 1.14. The maximum Gasteiger partial charge on any atom is 0.0547 e. The third-order valence-corrected chi connectivity index (χ3v) is 12.4. The van der Waals surface area contributed by atoms with E-state index in [4.69, 9.17) is 0 Å². The summed E-state index contributed by atoms with van der Waals surface area (Å²) in [6.45, 7) is 0. The van der Waals surface area contributed by atoms with Crippen LogP contribution in [0.5, 0.6) is 0 Å². The molecule has 0 atom stereocenters. The Balaban J connectivity index is 0.962. The summed E-state index contributed by atoms with van der Waals surface area (Å²) < 4.78 is 5.10. The van der Waals surface area contributed by atoms with Crippen LogP contribution < -0.4 is 0 Å². The number of aromatic nitrogens is 1. The Hall–Kier alpha value is -7.00. The molecule has 0 aliphatic heterocycles. The van der Waals surface area contributed by atoms with Gasteiger partial charge in [0.15, 0.2) is 0 Å². The van der Waals surface area contributed by atoms with Gasteiger partial charge in [0.05, 0.1) is 11.0 Å². The topological polar surface area (TPSA) is 4.93 Å². The molecule has 0 unspecified atom stereocenters. The summed E-state index contributed by atoms with van der Waals surface area (Å²) in [6.07, 6.45) is 0. The van der Waals surface area contributed by atoms with E-state index in [1.807, 2.05) is 11.3 Å². The van der Waals surface area contributed by atoms with E-state index in [0.717, 1.165) is 5.69 Å². The largest absolute Gasteiger partial charge is 0.309 e. The highest BCUT2D eigenvalue weighted by Crippen LogP contribution is 2.41. The Labute approximate surface area is 330 Å².